The molecule has 0 radical (unpaired) electrons. The Hall–Kier alpha value is -2.55. The Morgan fingerprint density at radius 1 is 1.36 bits per heavy atom. The zero-order valence-corrected chi connectivity index (χ0v) is 13.7. The summed E-state index contributed by atoms with van der Waals surface area (Å²) in [5, 5.41) is 3.78. The van der Waals surface area contributed by atoms with Crippen molar-refractivity contribution in [1.82, 2.24) is 0 Å². The van der Waals surface area contributed by atoms with Gasteiger partial charge in [0.25, 0.3) is 0 Å². The van der Waals surface area contributed by atoms with Crippen molar-refractivity contribution in [3.05, 3.63) is 46.2 Å². The van der Waals surface area contributed by atoms with Crippen LogP contribution in [-0.4, -0.2) is 23.8 Å². The summed E-state index contributed by atoms with van der Waals surface area (Å²) < 4.78 is 50.2. The van der Waals surface area contributed by atoms with Gasteiger partial charge in [-0.25, -0.2) is 0 Å². The highest BCUT2D eigenvalue weighted by molar-refractivity contribution is 7.10. The summed E-state index contributed by atoms with van der Waals surface area (Å²) >= 11 is 1.19. The van der Waals surface area contributed by atoms with Gasteiger partial charge in [0.2, 0.25) is 0 Å². The third-order valence-electron chi connectivity index (χ3n) is 3.47. The van der Waals surface area contributed by atoms with Gasteiger partial charge < -0.3 is 14.8 Å². The maximum absolute atomic E-state index is 13.6. The first kappa shape index (κ1) is 17.3. The molecular weight excluding hydrogens is 359 g/mol. The van der Waals surface area contributed by atoms with E-state index in [-0.39, 0.29) is 11.4 Å². The topological polar surface area (TPSA) is 64.6 Å². The average Bonchev–Trinajstić information content (AvgIpc) is 3.00. The molecule has 9 heteroatoms. The molecule has 0 saturated carbocycles. The first-order chi connectivity index (χ1) is 11.7. The summed E-state index contributed by atoms with van der Waals surface area (Å²) in [4.78, 5) is 24.6. The number of carbonyl (C=O) groups is 2. The fourth-order valence-electron chi connectivity index (χ4n) is 2.30. The first-order valence-corrected chi connectivity index (χ1v) is 8.01. The van der Waals surface area contributed by atoms with Crippen LogP contribution in [0.2, 0.25) is 0 Å². The van der Waals surface area contributed by atoms with Crippen molar-refractivity contribution in [2.24, 2.45) is 0 Å². The minimum absolute atomic E-state index is 0.0826. The first-order valence-electron chi connectivity index (χ1n) is 7.13. The number of alkyl halides is 3. The number of anilines is 1. The van der Waals surface area contributed by atoms with E-state index < -0.39 is 30.3 Å². The van der Waals surface area contributed by atoms with Crippen LogP contribution >= 0.6 is 11.3 Å². The van der Waals surface area contributed by atoms with Crippen LogP contribution in [0.25, 0.3) is 0 Å². The number of fused-ring (bicyclic) bond motifs is 1. The third kappa shape index (κ3) is 3.19. The monoisotopic (exact) mass is 371 g/mol. The molecule has 3 rings (SSSR count). The van der Waals surface area contributed by atoms with Gasteiger partial charge in [-0.2, -0.15) is 13.2 Å². The van der Waals surface area contributed by atoms with Crippen LogP contribution < -0.4 is 10.1 Å². The van der Waals surface area contributed by atoms with E-state index in [0.717, 1.165) is 5.56 Å². The Kier molecular flexibility index (Phi) is 4.19. The molecule has 2 aromatic rings. The molecule has 0 saturated heterocycles. The quantitative estimate of drug-likeness (QED) is 0.840. The molecule has 1 atom stereocenters. The van der Waals surface area contributed by atoms with Gasteiger partial charge in [0, 0.05) is 4.88 Å². The number of nitrogens with one attached hydrogen (secondary N) is 1. The Balaban J connectivity index is 1.93. The van der Waals surface area contributed by atoms with Gasteiger partial charge >= 0.3 is 23.8 Å². The highest BCUT2D eigenvalue weighted by Gasteiger charge is 2.69. The van der Waals surface area contributed by atoms with Gasteiger partial charge in [0.1, 0.15) is 5.75 Å². The molecule has 0 bridgehead atoms. The van der Waals surface area contributed by atoms with Crippen molar-refractivity contribution < 1.29 is 32.2 Å². The number of carbonyl (C=O) groups excluding carboxylic acids is 2. The van der Waals surface area contributed by atoms with E-state index in [1.165, 1.54) is 29.5 Å². The van der Waals surface area contributed by atoms with Crippen molar-refractivity contribution in [2.45, 2.75) is 25.3 Å². The number of ether oxygens (including phenoxy) is 2. The van der Waals surface area contributed by atoms with Crippen LogP contribution in [-0.2, 0) is 20.7 Å². The largest absolute Gasteiger partial charge is 0.478 e. The smallest absolute Gasteiger partial charge is 0.435 e. The van der Waals surface area contributed by atoms with Crippen molar-refractivity contribution in [1.29, 1.82) is 0 Å². The lowest BCUT2D eigenvalue weighted by molar-refractivity contribution is -0.320. The number of esters is 1. The second-order valence-corrected chi connectivity index (χ2v) is 6.43. The van der Waals surface area contributed by atoms with E-state index >= 15 is 0 Å². The molecule has 0 unspecified atom stereocenters. The predicted molar refractivity (Wildman–Crippen MR) is 83.3 cm³/mol. The lowest BCUT2D eigenvalue weighted by atomic mass is 10.1. The van der Waals surface area contributed by atoms with Crippen LogP contribution in [0.5, 0.6) is 5.75 Å². The number of benzene rings is 1. The highest BCUT2D eigenvalue weighted by Crippen LogP contribution is 2.43. The fraction of sp³-hybridized carbons (Fsp3) is 0.250. The highest BCUT2D eigenvalue weighted by atomic mass is 32.1. The number of hydrogen-bond acceptors (Lipinski definition) is 5. The fourth-order valence-corrected chi connectivity index (χ4v) is 2.99. The predicted octanol–water partition coefficient (Wildman–Crippen LogP) is 3.43. The molecule has 25 heavy (non-hydrogen) atoms. The van der Waals surface area contributed by atoms with Gasteiger partial charge in [-0.1, -0.05) is 12.1 Å². The summed E-state index contributed by atoms with van der Waals surface area (Å²) in [6.07, 6.45) is -5.66. The Bertz CT molecular complexity index is 819. The summed E-state index contributed by atoms with van der Waals surface area (Å²) in [6, 6.07) is 7.48. The van der Waals surface area contributed by atoms with Gasteiger partial charge in [-0.3, -0.25) is 9.59 Å². The van der Waals surface area contributed by atoms with Crippen LogP contribution in [0.1, 0.15) is 10.4 Å². The van der Waals surface area contributed by atoms with E-state index in [1.807, 2.05) is 0 Å². The number of aryl methyl sites for hydroxylation is 1. The maximum Gasteiger partial charge on any atom is 0.478 e. The Labute approximate surface area is 144 Å². The minimum atomic E-state index is -5.26. The van der Waals surface area contributed by atoms with E-state index in [1.54, 1.807) is 24.4 Å². The average molecular weight is 371 g/mol. The number of rotatable bonds is 3. The molecule has 1 N–H and O–H groups in total. The normalized spacial score (nSPS) is 19.6. The Morgan fingerprint density at radius 3 is 2.76 bits per heavy atom. The zero-order chi connectivity index (χ0) is 18.2. The van der Waals surface area contributed by atoms with Crippen LogP contribution in [0.3, 0.4) is 0 Å². The maximum atomic E-state index is 13.6. The molecule has 1 aromatic heterocycles. The standard InChI is InChI=1S/C16H12F3NO4S/c1-9-4-5-12-11(7-9)20-14(22)15(23-12,16(17,18)19)24-13(21)8-10-3-2-6-25-10/h2-7H,8H2,1H3,(H,20,22)/t15-/m0/s1. The molecular formula is C16H12F3NO4S. The number of hydrogen-bond donors (Lipinski definition) is 1. The summed E-state index contributed by atoms with van der Waals surface area (Å²) in [7, 11) is 0. The molecule has 1 aliphatic heterocycles. The molecule has 0 fully saturated rings. The number of amides is 1. The molecule has 5 nitrogen and oxygen atoms in total. The van der Waals surface area contributed by atoms with Gasteiger partial charge in [0.05, 0.1) is 12.1 Å². The van der Waals surface area contributed by atoms with Crippen molar-refractivity contribution in [2.75, 3.05) is 5.32 Å². The molecule has 1 aromatic carbocycles. The van der Waals surface area contributed by atoms with E-state index in [0.29, 0.717) is 4.88 Å². The molecule has 0 aliphatic carbocycles. The third-order valence-corrected chi connectivity index (χ3v) is 4.34. The second kappa shape index (κ2) is 6.07. The van der Waals surface area contributed by atoms with Gasteiger partial charge in [-0.05, 0) is 36.1 Å². The summed E-state index contributed by atoms with van der Waals surface area (Å²) in [5.41, 5.74) is 0.802. The van der Waals surface area contributed by atoms with Crippen molar-refractivity contribution in [3.8, 4) is 5.75 Å². The van der Waals surface area contributed by atoms with E-state index in [4.69, 9.17) is 4.74 Å². The van der Waals surface area contributed by atoms with Gasteiger partial charge in [-0.15, -0.1) is 11.3 Å². The van der Waals surface area contributed by atoms with Crippen molar-refractivity contribution >= 4 is 28.9 Å². The molecule has 1 amide bonds. The van der Waals surface area contributed by atoms with Crippen LogP contribution in [0, 0.1) is 6.92 Å². The second-order valence-electron chi connectivity index (χ2n) is 5.40. The lowest BCUT2D eigenvalue weighted by Crippen LogP contribution is -2.63. The number of halogens is 3. The van der Waals surface area contributed by atoms with Crippen LogP contribution in [0.15, 0.2) is 35.7 Å². The molecule has 0 spiro atoms. The zero-order valence-electron chi connectivity index (χ0n) is 12.8. The van der Waals surface area contributed by atoms with Crippen molar-refractivity contribution in [3.63, 3.8) is 0 Å². The Morgan fingerprint density at radius 2 is 2.12 bits per heavy atom. The SMILES string of the molecule is Cc1ccc2c(c1)NC(=O)[C@](OC(=O)Cc1cccs1)(C(F)(F)F)O2. The van der Waals surface area contributed by atoms with E-state index in [9.17, 15) is 22.8 Å². The molecule has 2 heterocycles. The summed E-state index contributed by atoms with van der Waals surface area (Å²) in [5.74, 6) is -6.77. The summed E-state index contributed by atoms with van der Waals surface area (Å²) in [6.45, 7) is 1.71. The van der Waals surface area contributed by atoms with E-state index in [2.05, 4.69) is 10.1 Å². The lowest BCUT2D eigenvalue weighted by Gasteiger charge is -2.37. The molecule has 1 aliphatic rings. The van der Waals surface area contributed by atoms with Gasteiger partial charge in [0.15, 0.2) is 0 Å². The minimum Gasteiger partial charge on any atom is -0.435 e. The van der Waals surface area contributed by atoms with Crippen LogP contribution in [0.4, 0.5) is 18.9 Å². The molecule has 132 valence electrons. The number of thiophene rings is 1.